The van der Waals surface area contributed by atoms with Crippen LogP contribution in [0.25, 0.3) is 22.3 Å². The molecule has 4 rings (SSSR count). The summed E-state index contributed by atoms with van der Waals surface area (Å²) in [5.74, 6) is 0.598. The van der Waals surface area contributed by atoms with Crippen molar-refractivity contribution in [3.63, 3.8) is 0 Å². The van der Waals surface area contributed by atoms with Crippen LogP contribution in [0.5, 0.6) is 0 Å². The van der Waals surface area contributed by atoms with Crippen LogP contribution in [0.1, 0.15) is 19.2 Å². The third-order valence-electron chi connectivity index (χ3n) is 5.29. The van der Waals surface area contributed by atoms with Crippen LogP contribution >= 0.6 is 11.3 Å². The minimum atomic E-state index is -3.54. The van der Waals surface area contributed by atoms with Crippen LogP contribution in [-0.2, 0) is 27.8 Å². The molecule has 0 spiro atoms. The lowest BCUT2D eigenvalue weighted by molar-refractivity contribution is -0.116. The number of nitrogens with zero attached hydrogens (tertiary/aromatic N) is 4. The second-order valence-electron chi connectivity index (χ2n) is 7.66. The summed E-state index contributed by atoms with van der Waals surface area (Å²) in [5, 5.41) is 5.34. The number of aromatic nitrogens is 3. The fourth-order valence-corrected chi connectivity index (χ4v) is 5.21. The van der Waals surface area contributed by atoms with Gasteiger partial charge < -0.3 is 9.88 Å². The Hall–Kier alpha value is -3.08. The molecular formula is C23H25N5O3S2. The second-order valence-corrected chi connectivity index (χ2v) is 10.7. The van der Waals surface area contributed by atoms with E-state index in [1.165, 1.54) is 29.7 Å². The highest BCUT2D eigenvalue weighted by Crippen LogP contribution is 2.25. The van der Waals surface area contributed by atoms with Gasteiger partial charge in [0.25, 0.3) is 0 Å². The van der Waals surface area contributed by atoms with Crippen LogP contribution in [-0.4, -0.2) is 47.3 Å². The zero-order chi connectivity index (χ0) is 23.6. The summed E-state index contributed by atoms with van der Waals surface area (Å²) in [7, 11) is -0.544. The predicted octanol–water partition coefficient (Wildman–Crippen LogP) is 4.00. The third-order valence-corrected chi connectivity index (χ3v) is 7.86. The normalized spacial score (nSPS) is 11.9. The third kappa shape index (κ3) is 4.82. The minimum absolute atomic E-state index is 0.144. The highest BCUT2D eigenvalue weighted by atomic mass is 32.2. The molecule has 1 N–H and O–H groups in total. The number of nitrogens with one attached hydrogen (secondary N) is 1. The van der Waals surface area contributed by atoms with Gasteiger partial charge in [-0.3, -0.25) is 4.79 Å². The van der Waals surface area contributed by atoms with Gasteiger partial charge in [-0.25, -0.2) is 22.7 Å². The Labute approximate surface area is 197 Å². The lowest BCUT2D eigenvalue weighted by atomic mass is 10.2. The van der Waals surface area contributed by atoms with Crippen LogP contribution < -0.4 is 5.32 Å². The van der Waals surface area contributed by atoms with Gasteiger partial charge in [-0.05, 0) is 25.1 Å². The molecule has 2 aromatic heterocycles. The van der Waals surface area contributed by atoms with Crippen LogP contribution in [0.3, 0.4) is 0 Å². The summed E-state index contributed by atoms with van der Waals surface area (Å²) in [6, 6.07) is 14.7. The summed E-state index contributed by atoms with van der Waals surface area (Å²) in [6.07, 6.45) is 0.674. The molecule has 1 amide bonds. The molecule has 0 bridgehead atoms. The number of hydrogen-bond donors (Lipinski definition) is 1. The lowest BCUT2D eigenvalue weighted by Crippen LogP contribution is -2.22. The van der Waals surface area contributed by atoms with Gasteiger partial charge in [-0.15, -0.1) is 11.3 Å². The van der Waals surface area contributed by atoms with Gasteiger partial charge in [0.2, 0.25) is 15.9 Å². The van der Waals surface area contributed by atoms with E-state index in [-0.39, 0.29) is 17.2 Å². The number of thiazole rings is 1. The number of rotatable bonds is 8. The molecule has 2 aromatic carbocycles. The number of amides is 1. The van der Waals surface area contributed by atoms with E-state index < -0.39 is 10.0 Å². The number of aryl methyl sites for hydroxylation is 2. The van der Waals surface area contributed by atoms with Crippen LogP contribution in [0.2, 0.25) is 0 Å². The van der Waals surface area contributed by atoms with Crippen molar-refractivity contribution in [3.05, 3.63) is 59.7 Å². The van der Waals surface area contributed by atoms with Gasteiger partial charge in [0, 0.05) is 44.4 Å². The number of sulfonamides is 1. The molecule has 2 heterocycles. The maximum Gasteiger partial charge on any atom is 0.242 e. The molecule has 0 radical (unpaired) electrons. The zero-order valence-electron chi connectivity index (χ0n) is 18.6. The van der Waals surface area contributed by atoms with E-state index in [1.807, 2.05) is 47.2 Å². The summed E-state index contributed by atoms with van der Waals surface area (Å²) in [4.78, 5) is 21.9. The Morgan fingerprint density at radius 1 is 1.12 bits per heavy atom. The van der Waals surface area contributed by atoms with E-state index in [9.17, 15) is 13.2 Å². The quantitative estimate of drug-likeness (QED) is 0.409. The predicted molar refractivity (Wildman–Crippen MR) is 131 cm³/mol. The first-order valence-electron chi connectivity index (χ1n) is 10.5. The van der Waals surface area contributed by atoms with Crippen molar-refractivity contribution in [2.45, 2.75) is 31.2 Å². The van der Waals surface area contributed by atoms with Crippen molar-refractivity contribution in [3.8, 4) is 11.3 Å². The fourth-order valence-electron chi connectivity index (χ4n) is 3.55. The molecular weight excluding hydrogens is 458 g/mol. The Morgan fingerprint density at radius 3 is 2.58 bits per heavy atom. The average molecular weight is 484 g/mol. The number of imidazole rings is 1. The second kappa shape index (κ2) is 9.42. The van der Waals surface area contributed by atoms with E-state index in [2.05, 4.69) is 15.3 Å². The molecule has 8 nitrogen and oxygen atoms in total. The summed E-state index contributed by atoms with van der Waals surface area (Å²) in [5.41, 5.74) is 3.27. The average Bonchev–Trinajstić information content (AvgIpc) is 3.41. The summed E-state index contributed by atoms with van der Waals surface area (Å²) < 4.78 is 28.1. The highest BCUT2D eigenvalue weighted by Gasteiger charge is 2.20. The molecule has 0 atom stereocenters. The van der Waals surface area contributed by atoms with Gasteiger partial charge in [0.15, 0.2) is 5.13 Å². The molecule has 0 aliphatic heterocycles. The molecule has 0 fully saturated rings. The monoisotopic (exact) mass is 483 g/mol. The fraction of sp³-hybridized carbons (Fsp3) is 0.261. The molecule has 0 aliphatic rings. The standard InChI is InChI=1S/C23H25N5O3S2/c1-4-28-20-11-10-17(33(30,31)27(2)3)14-18(20)24-21(28)12-13-22(29)26-23-25-19(15-32-23)16-8-6-5-7-9-16/h5-11,14-15H,4,12-13H2,1-3H3,(H,25,26,29). The van der Waals surface area contributed by atoms with Gasteiger partial charge >= 0.3 is 0 Å². The van der Waals surface area contributed by atoms with E-state index in [0.29, 0.717) is 23.6 Å². The first kappa shape index (κ1) is 23.1. The molecule has 4 aromatic rings. The van der Waals surface area contributed by atoms with E-state index in [4.69, 9.17) is 0 Å². The summed E-state index contributed by atoms with van der Waals surface area (Å²) >= 11 is 1.39. The number of hydrogen-bond acceptors (Lipinski definition) is 6. The van der Waals surface area contributed by atoms with Gasteiger partial charge in [0.05, 0.1) is 21.6 Å². The van der Waals surface area contributed by atoms with Crippen LogP contribution in [0.4, 0.5) is 5.13 Å². The Bertz CT molecular complexity index is 1390. The van der Waals surface area contributed by atoms with Gasteiger partial charge in [-0.2, -0.15) is 0 Å². The van der Waals surface area contributed by atoms with Crippen molar-refractivity contribution < 1.29 is 13.2 Å². The van der Waals surface area contributed by atoms with Gasteiger partial charge in [-0.1, -0.05) is 30.3 Å². The SMILES string of the molecule is CCn1c(CCC(=O)Nc2nc(-c3ccccc3)cs2)nc2cc(S(=O)(=O)N(C)C)ccc21. The molecule has 10 heteroatoms. The molecule has 33 heavy (non-hydrogen) atoms. The van der Waals surface area contributed by atoms with E-state index >= 15 is 0 Å². The Balaban J connectivity index is 1.47. The Kier molecular flexibility index (Phi) is 6.59. The smallest absolute Gasteiger partial charge is 0.242 e. The van der Waals surface area contributed by atoms with Gasteiger partial charge in [0.1, 0.15) is 5.82 Å². The first-order valence-corrected chi connectivity index (χ1v) is 12.8. The molecule has 0 saturated heterocycles. The van der Waals surface area contributed by atoms with Crippen LogP contribution in [0, 0.1) is 0 Å². The largest absolute Gasteiger partial charge is 0.328 e. The first-order chi connectivity index (χ1) is 15.8. The highest BCUT2D eigenvalue weighted by molar-refractivity contribution is 7.89. The van der Waals surface area contributed by atoms with Crippen molar-refractivity contribution >= 4 is 43.4 Å². The molecule has 0 unspecified atom stereocenters. The number of benzene rings is 2. The van der Waals surface area contributed by atoms with Crippen LogP contribution in [0.15, 0.2) is 58.8 Å². The maximum absolute atomic E-state index is 12.5. The number of anilines is 1. The van der Waals surface area contributed by atoms with Crippen molar-refractivity contribution in [2.75, 3.05) is 19.4 Å². The molecule has 172 valence electrons. The zero-order valence-corrected chi connectivity index (χ0v) is 20.3. The van der Waals surface area contributed by atoms with Crippen molar-refractivity contribution in [2.24, 2.45) is 0 Å². The summed E-state index contributed by atoms with van der Waals surface area (Å²) in [6.45, 7) is 2.66. The number of carbonyl (C=O) groups is 1. The maximum atomic E-state index is 12.5. The minimum Gasteiger partial charge on any atom is -0.328 e. The van der Waals surface area contributed by atoms with E-state index in [0.717, 1.165) is 22.6 Å². The van der Waals surface area contributed by atoms with Crippen molar-refractivity contribution in [1.82, 2.24) is 18.8 Å². The topological polar surface area (TPSA) is 97.2 Å². The lowest BCUT2D eigenvalue weighted by Gasteiger charge is -2.11. The Morgan fingerprint density at radius 2 is 1.88 bits per heavy atom. The molecule has 0 aliphatic carbocycles. The number of carbonyl (C=O) groups excluding carboxylic acids is 1. The number of fused-ring (bicyclic) bond motifs is 1. The van der Waals surface area contributed by atoms with E-state index in [1.54, 1.807) is 18.2 Å². The van der Waals surface area contributed by atoms with Crippen molar-refractivity contribution in [1.29, 1.82) is 0 Å². The molecule has 0 saturated carbocycles.